The highest BCUT2D eigenvalue weighted by molar-refractivity contribution is 6.08. The maximum atomic E-state index is 12.5. The second kappa shape index (κ2) is 8.36. The van der Waals surface area contributed by atoms with Gasteiger partial charge in [-0.2, -0.15) is 0 Å². The number of carbonyl (C=O) groups excluding carboxylic acids is 2. The van der Waals surface area contributed by atoms with E-state index in [1.54, 1.807) is 24.3 Å². The van der Waals surface area contributed by atoms with Crippen LogP contribution >= 0.6 is 0 Å². The van der Waals surface area contributed by atoms with Crippen LogP contribution in [0.4, 0.5) is 0 Å². The Morgan fingerprint density at radius 3 is 1.50 bits per heavy atom. The zero-order valence-electron chi connectivity index (χ0n) is 17.0. The first kappa shape index (κ1) is 19.5. The molecule has 0 fully saturated rings. The van der Waals surface area contributed by atoms with E-state index < -0.39 is 0 Å². The fraction of sp³-hybridized carbons (Fsp3) is 0. The van der Waals surface area contributed by atoms with Crippen molar-refractivity contribution in [2.75, 3.05) is 0 Å². The lowest BCUT2D eigenvalue weighted by molar-refractivity contribution is 0.101. The molecule has 4 nitrogen and oxygen atoms in total. The van der Waals surface area contributed by atoms with Crippen molar-refractivity contribution < 1.29 is 18.4 Å². The van der Waals surface area contributed by atoms with E-state index in [1.165, 1.54) is 12.2 Å². The normalized spacial score (nSPS) is 11.8. The summed E-state index contributed by atoms with van der Waals surface area (Å²) in [5, 5.41) is 1.79. The summed E-state index contributed by atoms with van der Waals surface area (Å²) in [5.74, 6) is 0.189. The molecule has 3 aromatic carbocycles. The molecule has 5 aromatic rings. The van der Waals surface area contributed by atoms with E-state index >= 15 is 0 Å². The second-order valence-electron chi connectivity index (χ2n) is 7.36. The van der Waals surface area contributed by atoms with Crippen LogP contribution < -0.4 is 0 Å². The molecule has 0 bridgehead atoms. The summed E-state index contributed by atoms with van der Waals surface area (Å²) in [6.45, 7) is 0. The maximum absolute atomic E-state index is 12.5. The highest BCUT2D eigenvalue weighted by atomic mass is 16.3. The van der Waals surface area contributed by atoms with E-state index in [9.17, 15) is 9.59 Å². The first-order valence-corrected chi connectivity index (χ1v) is 10.2. The lowest BCUT2D eigenvalue weighted by Gasteiger charge is -1.97. The van der Waals surface area contributed by atoms with Gasteiger partial charge in [0.2, 0.25) is 11.6 Å². The van der Waals surface area contributed by atoms with Gasteiger partial charge < -0.3 is 8.83 Å². The molecule has 4 heteroatoms. The third-order valence-electron chi connectivity index (χ3n) is 5.10. The van der Waals surface area contributed by atoms with Crippen LogP contribution in [0.2, 0.25) is 0 Å². The number of para-hydroxylation sites is 2. The minimum Gasteiger partial charge on any atom is -0.453 e. The Morgan fingerprint density at radius 1 is 0.562 bits per heavy atom. The zero-order valence-corrected chi connectivity index (χ0v) is 17.0. The lowest BCUT2D eigenvalue weighted by Crippen LogP contribution is -1.91. The van der Waals surface area contributed by atoms with Crippen molar-refractivity contribution >= 4 is 45.7 Å². The Hall–Kier alpha value is -4.44. The maximum Gasteiger partial charge on any atom is 0.221 e. The minimum absolute atomic E-state index is 0.206. The number of benzene rings is 3. The summed E-state index contributed by atoms with van der Waals surface area (Å²) in [5.41, 5.74) is 3.05. The molecule has 0 amide bonds. The molecule has 0 N–H and O–H groups in total. The smallest absolute Gasteiger partial charge is 0.221 e. The number of carbonyl (C=O) groups is 2. The molecule has 0 unspecified atom stereocenters. The van der Waals surface area contributed by atoms with Gasteiger partial charge in [0.25, 0.3) is 0 Å². The van der Waals surface area contributed by atoms with Gasteiger partial charge >= 0.3 is 0 Å². The number of fused-ring (bicyclic) bond motifs is 2. The fourth-order valence-electron chi connectivity index (χ4n) is 3.48. The van der Waals surface area contributed by atoms with Crippen molar-refractivity contribution in [1.82, 2.24) is 0 Å². The molecular formula is C28H18O4. The number of furan rings is 2. The van der Waals surface area contributed by atoms with Crippen LogP contribution in [0, 0.1) is 0 Å². The molecule has 2 aromatic heterocycles. The van der Waals surface area contributed by atoms with Gasteiger partial charge in [0.1, 0.15) is 11.2 Å². The molecule has 0 atom stereocenters. The molecule has 0 spiro atoms. The second-order valence-corrected chi connectivity index (χ2v) is 7.36. The highest BCUT2D eigenvalue weighted by Gasteiger charge is 2.10. The predicted octanol–water partition coefficient (Wildman–Crippen LogP) is 6.97. The van der Waals surface area contributed by atoms with Gasteiger partial charge in [-0.05, 0) is 53.6 Å². The standard InChI is InChI=1S/C28H18O4/c29-23(27-17-21-8-1-3-10-25(21)31-27)14-12-19-6-5-7-20(16-19)13-15-24(30)28-18-22-9-2-4-11-26(22)32-28/h1-18H. The lowest BCUT2D eigenvalue weighted by atomic mass is 10.1. The van der Waals surface area contributed by atoms with Crippen molar-refractivity contribution in [3.05, 3.63) is 120 Å². The molecule has 0 radical (unpaired) electrons. The van der Waals surface area contributed by atoms with Crippen LogP contribution in [-0.2, 0) is 0 Å². The summed E-state index contributed by atoms with van der Waals surface area (Å²) in [6, 6.07) is 26.0. The van der Waals surface area contributed by atoms with E-state index in [0.29, 0.717) is 22.7 Å². The highest BCUT2D eigenvalue weighted by Crippen LogP contribution is 2.21. The molecular weight excluding hydrogens is 400 g/mol. The fourth-order valence-corrected chi connectivity index (χ4v) is 3.48. The number of ketones is 2. The van der Waals surface area contributed by atoms with Crippen LogP contribution in [-0.4, -0.2) is 11.6 Å². The number of hydrogen-bond donors (Lipinski definition) is 0. The van der Waals surface area contributed by atoms with Crippen LogP contribution in [0.3, 0.4) is 0 Å². The average molecular weight is 418 g/mol. The molecule has 0 aliphatic heterocycles. The molecule has 2 heterocycles. The van der Waals surface area contributed by atoms with Gasteiger partial charge in [-0.25, -0.2) is 0 Å². The van der Waals surface area contributed by atoms with E-state index in [0.717, 1.165) is 21.9 Å². The van der Waals surface area contributed by atoms with Crippen molar-refractivity contribution in [3.63, 3.8) is 0 Å². The van der Waals surface area contributed by atoms with E-state index in [1.807, 2.05) is 72.8 Å². The summed E-state index contributed by atoms with van der Waals surface area (Å²) >= 11 is 0. The molecule has 32 heavy (non-hydrogen) atoms. The third-order valence-corrected chi connectivity index (χ3v) is 5.10. The van der Waals surface area contributed by atoms with Gasteiger partial charge in [0.05, 0.1) is 0 Å². The molecule has 154 valence electrons. The molecule has 5 rings (SSSR count). The summed E-state index contributed by atoms with van der Waals surface area (Å²) in [7, 11) is 0. The SMILES string of the molecule is O=C(C=Cc1cccc(C=CC(=O)c2cc3ccccc3o2)c1)c1cc2ccccc2o1. The first-order chi connectivity index (χ1) is 15.7. The number of rotatable bonds is 6. The van der Waals surface area contributed by atoms with Crippen molar-refractivity contribution in [2.24, 2.45) is 0 Å². The Balaban J connectivity index is 1.30. The Morgan fingerprint density at radius 2 is 1.03 bits per heavy atom. The Kier molecular flexibility index (Phi) is 5.10. The van der Waals surface area contributed by atoms with E-state index in [2.05, 4.69) is 0 Å². The van der Waals surface area contributed by atoms with Crippen molar-refractivity contribution in [2.45, 2.75) is 0 Å². The molecule has 0 saturated carbocycles. The number of hydrogen-bond acceptors (Lipinski definition) is 4. The largest absolute Gasteiger partial charge is 0.453 e. The Labute approximate surface area is 184 Å². The first-order valence-electron chi connectivity index (χ1n) is 10.2. The summed E-state index contributed by atoms with van der Waals surface area (Å²) in [4.78, 5) is 24.9. The zero-order chi connectivity index (χ0) is 21.9. The van der Waals surface area contributed by atoms with Crippen LogP contribution in [0.15, 0.2) is 106 Å². The molecule has 0 saturated heterocycles. The van der Waals surface area contributed by atoms with Crippen LogP contribution in [0.25, 0.3) is 34.1 Å². The molecule has 0 aliphatic rings. The summed E-state index contributed by atoms with van der Waals surface area (Å²) < 4.78 is 11.2. The average Bonchev–Trinajstić information content (AvgIpc) is 3.45. The van der Waals surface area contributed by atoms with Crippen LogP contribution in [0.1, 0.15) is 32.2 Å². The van der Waals surface area contributed by atoms with Crippen LogP contribution in [0.5, 0.6) is 0 Å². The quantitative estimate of drug-likeness (QED) is 0.221. The summed E-state index contributed by atoms with van der Waals surface area (Å²) in [6.07, 6.45) is 6.43. The third kappa shape index (κ3) is 4.07. The van der Waals surface area contributed by atoms with Gasteiger partial charge in [-0.15, -0.1) is 0 Å². The van der Waals surface area contributed by atoms with E-state index in [4.69, 9.17) is 8.83 Å². The number of allylic oxidation sites excluding steroid dienone is 2. The Bertz CT molecular complexity index is 1330. The van der Waals surface area contributed by atoms with Gasteiger partial charge in [0, 0.05) is 10.8 Å². The minimum atomic E-state index is -0.206. The van der Waals surface area contributed by atoms with E-state index in [-0.39, 0.29) is 11.6 Å². The monoisotopic (exact) mass is 418 g/mol. The van der Waals surface area contributed by atoms with Gasteiger partial charge in [-0.1, -0.05) is 66.7 Å². The topological polar surface area (TPSA) is 60.4 Å². The predicted molar refractivity (Wildman–Crippen MR) is 126 cm³/mol. The molecule has 0 aliphatic carbocycles. The van der Waals surface area contributed by atoms with Gasteiger partial charge in [-0.3, -0.25) is 9.59 Å². The van der Waals surface area contributed by atoms with Crippen molar-refractivity contribution in [1.29, 1.82) is 0 Å². The van der Waals surface area contributed by atoms with Gasteiger partial charge in [0.15, 0.2) is 11.5 Å². The van der Waals surface area contributed by atoms with Crippen molar-refractivity contribution in [3.8, 4) is 0 Å².